The Balaban J connectivity index is 2.73. The zero-order valence-electron chi connectivity index (χ0n) is 7.97. The van der Waals surface area contributed by atoms with Gasteiger partial charge in [-0.3, -0.25) is 4.98 Å². The Morgan fingerprint density at radius 1 is 1.20 bits per heavy atom. The third-order valence-corrected chi connectivity index (χ3v) is 2.25. The predicted octanol–water partition coefficient (Wildman–Crippen LogP) is 3.56. The number of hydrogen-bond donors (Lipinski definition) is 0. The number of fused-ring (bicyclic) bond motifs is 1. The third-order valence-electron chi connectivity index (χ3n) is 2.25. The highest BCUT2D eigenvalue weighted by Gasteiger charge is 2.32. The van der Waals surface area contributed by atoms with Crippen LogP contribution < -0.4 is 0 Å². The van der Waals surface area contributed by atoms with Gasteiger partial charge in [-0.15, -0.1) is 0 Å². The van der Waals surface area contributed by atoms with Gasteiger partial charge in [0.25, 0.3) is 0 Å². The van der Waals surface area contributed by atoms with Crippen molar-refractivity contribution in [2.45, 2.75) is 13.1 Å². The Morgan fingerprint density at radius 2 is 1.93 bits per heavy atom. The van der Waals surface area contributed by atoms with Crippen molar-refractivity contribution in [1.29, 1.82) is 0 Å². The fourth-order valence-electron chi connectivity index (χ4n) is 1.53. The molecule has 0 amide bonds. The lowest BCUT2D eigenvalue weighted by Crippen LogP contribution is -2.07. The van der Waals surface area contributed by atoms with E-state index < -0.39 is 11.7 Å². The van der Waals surface area contributed by atoms with Crippen molar-refractivity contribution in [2.24, 2.45) is 0 Å². The molecule has 0 aliphatic rings. The lowest BCUT2D eigenvalue weighted by Gasteiger charge is -2.10. The topological polar surface area (TPSA) is 12.9 Å². The minimum absolute atomic E-state index is 0.203. The first-order chi connectivity index (χ1) is 6.98. The van der Waals surface area contributed by atoms with E-state index >= 15 is 0 Å². The second-order valence-corrected chi connectivity index (χ2v) is 3.36. The van der Waals surface area contributed by atoms with Crippen LogP contribution in [0.2, 0.25) is 0 Å². The molecule has 1 aromatic carbocycles. The summed E-state index contributed by atoms with van der Waals surface area (Å²) < 4.78 is 37.7. The molecule has 15 heavy (non-hydrogen) atoms. The molecule has 0 spiro atoms. The number of alkyl halides is 3. The smallest absolute Gasteiger partial charge is 0.256 e. The molecule has 0 saturated heterocycles. The zero-order chi connectivity index (χ0) is 11.1. The minimum Gasteiger partial charge on any atom is -0.256 e. The average molecular weight is 211 g/mol. The maximum absolute atomic E-state index is 12.6. The zero-order valence-corrected chi connectivity index (χ0v) is 7.97. The molecule has 1 aromatic heterocycles. The molecule has 2 rings (SSSR count). The summed E-state index contributed by atoms with van der Waals surface area (Å²) in [5.74, 6) is 0. The standard InChI is InChI=1S/C11H8F3N/c1-7-5-10-8(3-2-4-15-10)6-9(7)11(12,13)14/h2-6H,1H3. The molecule has 0 aliphatic carbocycles. The Hall–Kier alpha value is -1.58. The fraction of sp³-hybridized carbons (Fsp3) is 0.182. The van der Waals surface area contributed by atoms with Crippen molar-refractivity contribution in [3.05, 3.63) is 41.6 Å². The van der Waals surface area contributed by atoms with Crippen LogP contribution in [0.1, 0.15) is 11.1 Å². The van der Waals surface area contributed by atoms with E-state index in [1.165, 1.54) is 13.0 Å². The quantitative estimate of drug-likeness (QED) is 0.649. The van der Waals surface area contributed by atoms with Crippen LogP contribution in [0.5, 0.6) is 0 Å². The highest BCUT2D eigenvalue weighted by atomic mass is 19.4. The molecule has 0 radical (unpaired) electrons. The van der Waals surface area contributed by atoms with E-state index in [1.54, 1.807) is 18.3 Å². The third kappa shape index (κ3) is 1.79. The highest BCUT2D eigenvalue weighted by Crippen LogP contribution is 2.33. The summed E-state index contributed by atoms with van der Waals surface area (Å²) in [5.41, 5.74) is 0.194. The van der Waals surface area contributed by atoms with Gasteiger partial charge in [-0.1, -0.05) is 6.07 Å². The Kier molecular flexibility index (Phi) is 2.14. The molecule has 0 atom stereocenters. The van der Waals surface area contributed by atoms with Crippen molar-refractivity contribution >= 4 is 10.9 Å². The summed E-state index contributed by atoms with van der Waals surface area (Å²) in [6, 6.07) is 5.84. The molecule has 0 unspecified atom stereocenters. The Labute approximate surface area is 84.6 Å². The van der Waals surface area contributed by atoms with E-state index in [1.807, 2.05) is 0 Å². The molecule has 4 heteroatoms. The van der Waals surface area contributed by atoms with Gasteiger partial charge in [-0.2, -0.15) is 13.2 Å². The molecule has 0 aliphatic heterocycles. The number of hydrogen-bond acceptors (Lipinski definition) is 1. The van der Waals surface area contributed by atoms with Crippen molar-refractivity contribution in [3.63, 3.8) is 0 Å². The SMILES string of the molecule is Cc1cc2ncccc2cc1C(F)(F)F. The molecular formula is C11H8F3N. The maximum atomic E-state index is 12.6. The van der Waals surface area contributed by atoms with Gasteiger partial charge in [0.15, 0.2) is 0 Å². The van der Waals surface area contributed by atoms with Gasteiger partial charge in [-0.25, -0.2) is 0 Å². The van der Waals surface area contributed by atoms with Crippen LogP contribution in [-0.4, -0.2) is 4.98 Å². The predicted molar refractivity (Wildman–Crippen MR) is 51.5 cm³/mol. The number of rotatable bonds is 0. The van der Waals surface area contributed by atoms with Crippen LogP contribution in [0, 0.1) is 6.92 Å². The van der Waals surface area contributed by atoms with Crippen molar-refractivity contribution in [3.8, 4) is 0 Å². The van der Waals surface area contributed by atoms with Gasteiger partial charge in [0, 0.05) is 11.6 Å². The van der Waals surface area contributed by atoms with Crippen LogP contribution >= 0.6 is 0 Å². The number of halogens is 3. The minimum atomic E-state index is -4.30. The molecule has 2 aromatic rings. The molecule has 1 nitrogen and oxygen atoms in total. The second-order valence-electron chi connectivity index (χ2n) is 3.36. The first-order valence-corrected chi connectivity index (χ1v) is 4.41. The lowest BCUT2D eigenvalue weighted by molar-refractivity contribution is -0.137. The van der Waals surface area contributed by atoms with Crippen LogP contribution in [0.3, 0.4) is 0 Å². The van der Waals surface area contributed by atoms with Gasteiger partial charge < -0.3 is 0 Å². The first kappa shape index (κ1) is 9.96. The summed E-state index contributed by atoms with van der Waals surface area (Å²) in [4.78, 5) is 4.00. The van der Waals surface area contributed by atoms with E-state index in [-0.39, 0.29) is 5.56 Å². The van der Waals surface area contributed by atoms with Crippen LogP contribution in [0.15, 0.2) is 30.5 Å². The summed E-state index contributed by atoms with van der Waals surface area (Å²) >= 11 is 0. The van der Waals surface area contributed by atoms with E-state index in [0.717, 1.165) is 6.07 Å². The lowest BCUT2D eigenvalue weighted by atomic mass is 10.0. The summed E-state index contributed by atoms with van der Waals surface area (Å²) in [6.07, 6.45) is -2.73. The Bertz CT molecular complexity index is 503. The molecular weight excluding hydrogens is 203 g/mol. The number of benzene rings is 1. The monoisotopic (exact) mass is 211 g/mol. The van der Waals surface area contributed by atoms with Gasteiger partial charge in [-0.05, 0) is 30.7 Å². The first-order valence-electron chi connectivity index (χ1n) is 4.41. The van der Waals surface area contributed by atoms with E-state index in [0.29, 0.717) is 10.9 Å². The van der Waals surface area contributed by atoms with Crippen LogP contribution in [-0.2, 0) is 6.18 Å². The molecule has 1 heterocycles. The van der Waals surface area contributed by atoms with Gasteiger partial charge in [0.05, 0.1) is 11.1 Å². The van der Waals surface area contributed by atoms with Crippen molar-refractivity contribution in [1.82, 2.24) is 4.98 Å². The second kappa shape index (κ2) is 3.22. The molecule has 0 fully saturated rings. The number of aromatic nitrogens is 1. The molecule has 0 bridgehead atoms. The van der Waals surface area contributed by atoms with Crippen molar-refractivity contribution in [2.75, 3.05) is 0 Å². The van der Waals surface area contributed by atoms with Crippen LogP contribution in [0.25, 0.3) is 10.9 Å². The van der Waals surface area contributed by atoms with E-state index in [2.05, 4.69) is 4.98 Å². The number of aryl methyl sites for hydroxylation is 1. The fourth-order valence-corrected chi connectivity index (χ4v) is 1.53. The average Bonchev–Trinajstić information content (AvgIpc) is 2.15. The van der Waals surface area contributed by atoms with Crippen molar-refractivity contribution < 1.29 is 13.2 Å². The molecule has 0 N–H and O–H groups in total. The number of nitrogens with zero attached hydrogens (tertiary/aromatic N) is 1. The number of pyridine rings is 1. The highest BCUT2D eigenvalue weighted by molar-refractivity contribution is 5.80. The summed E-state index contributed by atoms with van der Waals surface area (Å²) in [7, 11) is 0. The normalized spacial score (nSPS) is 12.0. The molecule has 0 saturated carbocycles. The Morgan fingerprint density at radius 3 is 2.60 bits per heavy atom. The van der Waals surface area contributed by atoms with Crippen LogP contribution in [0.4, 0.5) is 13.2 Å². The maximum Gasteiger partial charge on any atom is 0.416 e. The van der Waals surface area contributed by atoms with E-state index in [9.17, 15) is 13.2 Å². The molecule has 78 valence electrons. The van der Waals surface area contributed by atoms with Gasteiger partial charge in [0.2, 0.25) is 0 Å². The summed E-state index contributed by atoms with van der Waals surface area (Å²) in [5, 5.41) is 0.510. The van der Waals surface area contributed by atoms with E-state index in [4.69, 9.17) is 0 Å². The summed E-state index contributed by atoms with van der Waals surface area (Å²) in [6.45, 7) is 1.44. The largest absolute Gasteiger partial charge is 0.416 e. The van der Waals surface area contributed by atoms with Gasteiger partial charge in [0.1, 0.15) is 0 Å². The van der Waals surface area contributed by atoms with Gasteiger partial charge >= 0.3 is 6.18 Å².